The fourth-order valence-corrected chi connectivity index (χ4v) is 4.17. The van der Waals surface area contributed by atoms with E-state index in [4.69, 9.17) is 0 Å². The van der Waals surface area contributed by atoms with Crippen LogP contribution in [0.25, 0.3) is 0 Å². The number of thiophene rings is 1. The molecule has 118 valence electrons. The van der Waals surface area contributed by atoms with Crippen LogP contribution in [0.15, 0.2) is 77.5 Å². The summed E-state index contributed by atoms with van der Waals surface area (Å²) in [6.07, 6.45) is 0. The van der Waals surface area contributed by atoms with Crippen molar-refractivity contribution in [3.8, 4) is 0 Å². The molecular formula is C18H18NO2PS. The number of hydrogen-bond acceptors (Lipinski definition) is 3. The van der Waals surface area contributed by atoms with Crippen molar-refractivity contribution in [1.82, 2.24) is 5.32 Å². The van der Waals surface area contributed by atoms with Gasteiger partial charge in [-0.15, -0.1) is 0 Å². The summed E-state index contributed by atoms with van der Waals surface area (Å²) in [4.78, 5) is 9.82. The predicted molar refractivity (Wildman–Crippen MR) is 96.1 cm³/mol. The van der Waals surface area contributed by atoms with Crippen LogP contribution in [-0.2, 0) is 4.57 Å². The van der Waals surface area contributed by atoms with Gasteiger partial charge in [0.15, 0.2) is 0 Å². The van der Waals surface area contributed by atoms with Gasteiger partial charge >= 0.3 is 0 Å². The van der Waals surface area contributed by atoms with Crippen molar-refractivity contribution in [3.63, 3.8) is 0 Å². The molecular weight excluding hydrogens is 325 g/mol. The molecule has 3 rings (SSSR count). The molecule has 0 aliphatic rings. The second kappa shape index (κ2) is 7.71. The highest BCUT2D eigenvalue weighted by molar-refractivity contribution is 7.38. The number of nitrogens with one attached hydrogen (secondary N) is 1. The van der Waals surface area contributed by atoms with E-state index in [1.54, 1.807) is 0 Å². The van der Waals surface area contributed by atoms with Crippen molar-refractivity contribution in [2.24, 2.45) is 0 Å². The number of benzene rings is 2. The molecule has 3 nitrogen and oxygen atoms in total. The molecule has 0 amide bonds. The van der Waals surface area contributed by atoms with Gasteiger partial charge in [-0.2, -0.15) is 11.3 Å². The first-order valence-corrected chi connectivity index (χ1v) is 9.74. The molecule has 2 aromatic carbocycles. The molecule has 23 heavy (non-hydrogen) atoms. The van der Waals surface area contributed by atoms with Crippen LogP contribution < -0.4 is 5.32 Å². The van der Waals surface area contributed by atoms with Gasteiger partial charge in [-0.1, -0.05) is 60.7 Å². The van der Waals surface area contributed by atoms with Gasteiger partial charge in [0.25, 0.3) is 0 Å². The fraction of sp³-hybridized carbons (Fsp3) is 0.111. The van der Waals surface area contributed by atoms with Crippen LogP contribution in [-0.4, -0.2) is 4.89 Å². The van der Waals surface area contributed by atoms with E-state index in [1.807, 2.05) is 77.5 Å². The van der Waals surface area contributed by atoms with E-state index in [-0.39, 0.29) is 6.04 Å². The number of rotatable bonds is 6. The first kappa shape index (κ1) is 16.2. The topological polar surface area (TPSA) is 49.3 Å². The first-order chi connectivity index (χ1) is 11.3. The zero-order chi connectivity index (χ0) is 16.1. The zero-order valence-corrected chi connectivity index (χ0v) is 14.2. The second-order valence-electron chi connectivity index (χ2n) is 5.25. The van der Waals surface area contributed by atoms with Gasteiger partial charge < -0.3 is 4.89 Å². The lowest BCUT2D eigenvalue weighted by molar-refractivity contribution is 0.464. The molecule has 2 N–H and O–H groups in total. The summed E-state index contributed by atoms with van der Waals surface area (Å²) in [5, 5.41) is 7.22. The smallest absolute Gasteiger partial charge is 0.210 e. The third kappa shape index (κ3) is 3.98. The van der Waals surface area contributed by atoms with Gasteiger partial charge in [0.1, 0.15) is 5.78 Å². The van der Waals surface area contributed by atoms with Crippen molar-refractivity contribution in [2.45, 2.75) is 11.8 Å². The van der Waals surface area contributed by atoms with E-state index >= 15 is 0 Å². The Balaban J connectivity index is 1.97. The van der Waals surface area contributed by atoms with E-state index < -0.39 is 13.8 Å². The molecule has 0 saturated heterocycles. The monoisotopic (exact) mass is 343 g/mol. The maximum absolute atomic E-state index is 11.9. The summed E-state index contributed by atoms with van der Waals surface area (Å²) in [6, 6.07) is 21.7. The molecule has 1 aromatic heterocycles. The summed E-state index contributed by atoms with van der Waals surface area (Å²) in [5.74, 6) is -0.559. The van der Waals surface area contributed by atoms with Gasteiger partial charge in [-0.3, -0.25) is 9.88 Å². The van der Waals surface area contributed by atoms with Gasteiger partial charge in [-0.05, 0) is 33.5 Å². The molecule has 0 fully saturated rings. The lowest BCUT2D eigenvalue weighted by atomic mass is 9.98. The average molecular weight is 343 g/mol. The van der Waals surface area contributed by atoms with Crippen molar-refractivity contribution < 1.29 is 9.46 Å². The molecule has 2 atom stereocenters. The molecule has 0 bridgehead atoms. The normalized spacial score (nSPS) is 13.8. The summed E-state index contributed by atoms with van der Waals surface area (Å²) >= 11 is 1.53. The Morgan fingerprint density at radius 3 is 1.87 bits per heavy atom. The Labute approximate surface area is 140 Å². The molecule has 0 aliphatic carbocycles. The minimum Gasteiger partial charge on any atom is -0.345 e. The van der Waals surface area contributed by atoms with Crippen molar-refractivity contribution in [2.75, 3.05) is 0 Å². The minimum absolute atomic E-state index is 0.136. The lowest BCUT2D eigenvalue weighted by Crippen LogP contribution is -2.25. The van der Waals surface area contributed by atoms with E-state index in [0.717, 1.165) is 16.7 Å². The van der Waals surface area contributed by atoms with Crippen LogP contribution in [0.3, 0.4) is 0 Å². The quantitative estimate of drug-likeness (QED) is 0.644. The molecule has 1 heterocycles. The molecule has 0 spiro atoms. The van der Waals surface area contributed by atoms with Gasteiger partial charge in [0, 0.05) is 0 Å². The van der Waals surface area contributed by atoms with Crippen LogP contribution in [0.5, 0.6) is 0 Å². The zero-order valence-electron chi connectivity index (χ0n) is 12.4. The maximum atomic E-state index is 11.9. The first-order valence-electron chi connectivity index (χ1n) is 7.36. The molecule has 3 aromatic rings. The Kier molecular flexibility index (Phi) is 5.42. The molecule has 0 radical (unpaired) electrons. The Morgan fingerprint density at radius 1 is 0.870 bits per heavy atom. The number of hydrogen-bond donors (Lipinski definition) is 2. The average Bonchev–Trinajstić information content (AvgIpc) is 3.11. The largest absolute Gasteiger partial charge is 0.345 e. The highest BCUT2D eigenvalue weighted by Gasteiger charge is 2.23. The van der Waals surface area contributed by atoms with Gasteiger partial charge in [-0.25, -0.2) is 0 Å². The molecule has 5 heteroatoms. The van der Waals surface area contributed by atoms with E-state index in [2.05, 4.69) is 5.32 Å². The van der Waals surface area contributed by atoms with Crippen molar-refractivity contribution in [3.05, 3.63) is 94.2 Å². The van der Waals surface area contributed by atoms with Crippen LogP contribution >= 0.6 is 19.4 Å². The predicted octanol–water partition coefficient (Wildman–Crippen LogP) is 4.59. The third-order valence-corrected chi connectivity index (χ3v) is 5.42. The van der Waals surface area contributed by atoms with Crippen LogP contribution in [0.1, 0.15) is 28.5 Å². The minimum atomic E-state index is -2.76. The Hall–Kier alpha value is -1.71. The maximum Gasteiger partial charge on any atom is 0.210 e. The summed E-state index contributed by atoms with van der Waals surface area (Å²) in [7, 11) is -2.76. The Morgan fingerprint density at radius 2 is 1.43 bits per heavy atom. The summed E-state index contributed by atoms with van der Waals surface area (Å²) < 4.78 is 11.9. The van der Waals surface area contributed by atoms with Crippen molar-refractivity contribution in [1.29, 1.82) is 0 Å². The van der Waals surface area contributed by atoms with Crippen LogP contribution in [0, 0.1) is 0 Å². The van der Waals surface area contributed by atoms with Gasteiger partial charge in [0.05, 0.1) is 6.04 Å². The summed E-state index contributed by atoms with van der Waals surface area (Å²) in [5.41, 5.74) is 3.00. The van der Waals surface area contributed by atoms with Gasteiger partial charge in [0.2, 0.25) is 8.03 Å². The fourth-order valence-electron chi connectivity index (χ4n) is 2.59. The third-order valence-electron chi connectivity index (χ3n) is 3.72. The van der Waals surface area contributed by atoms with E-state index in [9.17, 15) is 9.46 Å². The van der Waals surface area contributed by atoms with E-state index in [1.165, 1.54) is 11.3 Å². The summed E-state index contributed by atoms with van der Waals surface area (Å²) in [6.45, 7) is 0. The highest BCUT2D eigenvalue weighted by Crippen LogP contribution is 2.39. The van der Waals surface area contributed by atoms with Crippen molar-refractivity contribution >= 4 is 19.4 Å². The lowest BCUT2D eigenvalue weighted by Gasteiger charge is -2.25. The highest BCUT2D eigenvalue weighted by atomic mass is 32.1. The van der Waals surface area contributed by atoms with Crippen LogP contribution in [0.4, 0.5) is 0 Å². The standard InChI is InChI=1S/C18H18NO2PS/c20-22(21)18(16-11-12-23-13-16)19-17(14-7-3-1-4-8-14)15-9-5-2-6-10-15/h1-13,17-19,22H,(H,20,21). The molecule has 2 unspecified atom stereocenters. The SMILES string of the molecule is O=[PH](O)C(NC(c1ccccc1)c1ccccc1)c1ccsc1. The molecule has 0 aliphatic heterocycles. The Bertz CT molecular complexity index is 708. The van der Waals surface area contributed by atoms with E-state index in [0.29, 0.717) is 0 Å². The molecule has 0 saturated carbocycles. The van der Waals surface area contributed by atoms with Crippen LogP contribution in [0.2, 0.25) is 0 Å². The second-order valence-corrected chi connectivity index (χ2v) is 7.28.